The number of rotatable bonds is 5. The van der Waals surface area contributed by atoms with Gasteiger partial charge in [-0.2, -0.15) is 0 Å². The van der Waals surface area contributed by atoms with E-state index in [0.717, 1.165) is 104 Å². The third kappa shape index (κ3) is 3.91. The van der Waals surface area contributed by atoms with Crippen LogP contribution in [0.25, 0.3) is 0 Å². The zero-order valence-electron chi connectivity index (χ0n) is 22.7. The second-order valence-corrected chi connectivity index (χ2v) is 14.6. The summed E-state index contributed by atoms with van der Waals surface area (Å²) >= 11 is 0. The summed E-state index contributed by atoms with van der Waals surface area (Å²) in [5.41, 5.74) is 2.36. The Labute approximate surface area is 226 Å². The van der Waals surface area contributed by atoms with Gasteiger partial charge in [0.05, 0.1) is 35.4 Å². The largest absolute Gasteiger partial charge is 0.378 e. The number of carbonyl (C=O) groups is 2. The standard InChI is InChI=1S/C32H43N3O3/c36-29(31-14-20-7-21(15-31)9-22(8-20)16-31)33-26-1-2-28(35-3-5-38-6-4-35)27(13-26)34-30(37)32-17-23-10-24(18-32)12-25(11-23)19-32/h1-2,13,20-25H,3-12,14-19H2,(H,33,36)(H,34,37). The van der Waals surface area contributed by atoms with Crippen LogP contribution in [0.3, 0.4) is 0 Å². The van der Waals surface area contributed by atoms with Crippen molar-refractivity contribution in [2.24, 2.45) is 46.3 Å². The summed E-state index contributed by atoms with van der Waals surface area (Å²) < 4.78 is 5.61. The summed E-state index contributed by atoms with van der Waals surface area (Å²) in [7, 11) is 0. The predicted molar refractivity (Wildman–Crippen MR) is 148 cm³/mol. The van der Waals surface area contributed by atoms with Gasteiger partial charge in [0.25, 0.3) is 0 Å². The molecule has 8 saturated carbocycles. The summed E-state index contributed by atoms with van der Waals surface area (Å²) in [6.45, 7) is 3.04. The number of amides is 2. The van der Waals surface area contributed by atoms with Gasteiger partial charge in [0.1, 0.15) is 0 Å². The Bertz CT molecular complexity index is 1070. The quantitative estimate of drug-likeness (QED) is 0.515. The lowest BCUT2D eigenvalue weighted by atomic mass is 9.49. The summed E-state index contributed by atoms with van der Waals surface area (Å²) in [4.78, 5) is 30.1. The topological polar surface area (TPSA) is 70.7 Å². The van der Waals surface area contributed by atoms with Crippen LogP contribution in [-0.2, 0) is 14.3 Å². The molecule has 0 unspecified atom stereocenters. The lowest BCUT2D eigenvalue weighted by Gasteiger charge is -2.55. The minimum absolute atomic E-state index is 0.180. The van der Waals surface area contributed by atoms with Crippen LogP contribution in [0.5, 0.6) is 0 Å². The van der Waals surface area contributed by atoms with Gasteiger partial charge in [-0.1, -0.05) is 0 Å². The summed E-state index contributed by atoms with van der Waals surface area (Å²) in [6, 6.07) is 6.20. The molecule has 1 aromatic rings. The number of hydrogen-bond acceptors (Lipinski definition) is 4. The molecule has 8 aliphatic carbocycles. The van der Waals surface area contributed by atoms with Gasteiger partial charge in [0, 0.05) is 18.8 Å². The van der Waals surface area contributed by atoms with E-state index in [2.05, 4.69) is 21.6 Å². The first-order valence-corrected chi connectivity index (χ1v) is 15.5. The average molecular weight is 518 g/mol. The first kappa shape index (κ1) is 23.8. The highest BCUT2D eigenvalue weighted by molar-refractivity contribution is 6.01. The van der Waals surface area contributed by atoms with E-state index in [1.807, 2.05) is 12.1 Å². The maximum absolute atomic E-state index is 14.0. The van der Waals surface area contributed by atoms with Crippen LogP contribution in [-0.4, -0.2) is 38.1 Å². The highest BCUT2D eigenvalue weighted by Crippen LogP contribution is 2.61. The Morgan fingerprint density at radius 2 is 1.13 bits per heavy atom. The number of nitrogens with zero attached hydrogens (tertiary/aromatic N) is 1. The van der Waals surface area contributed by atoms with Crippen LogP contribution in [0.2, 0.25) is 0 Å². The third-order valence-electron chi connectivity index (χ3n) is 11.9. The summed E-state index contributed by atoms with van der Waals surface area (Å²) in [5.74, 6) is 4.86. The number of morpholine rings is 1. The molecule has 0 aromatic heterocycles. The fourth-order valence-electron chi connectivity index (χ4n) is 11.1. The van der Waals surface area contributed by atoms with E-state index in [4.69, 9.17) is 4.74 Å². The molecule has 1 saturated heterocycles. The van der Waals surface area contributed by atoms with Crippen molar-refractivity contribution >= 4 is 28.9 Å². The highest BCUT2D eigenvalue weighted by atomic mass is 16.5. The normalized spacial score (nSPS) is 42.4. The zero-order chi connectivity index (χ0) is 25.5. The van der Waals surface area contributed by atoms with Gasteiger partial charge in [-0.25, -0.2) is 0 Å². The zero-order valence-corrected chi connectivity index (χ0v) is 22.7. The molecule has 2 amide bonds. The van der Waals surface area contributed by atoms with Crippen molar-refractivity contribution in [3.63, 3.8) is 0 Å². The molecule has 6 nitrogen and oxygen atoms in total. The van der Waals surface area contributed by atoms with Gasteiger partial charge in [0.2, 0.25) is 11.8 Å². The number of carbonyl (C=O) groups excluding carboxylic acids is 2. The van der Waals surface area contributed by atoms with Crippen LogP contribution in [0.1, 0.15) is 77.0 Å². The molecule has 0 atom stereocenters. The number of ether oxygens (including phenoxy) is 1. The van der Waals surface area contributed by atoms with E-state index in [1.54, 1.807) is 0 Å². The van der Waals surface area contributed by atoms with E-state index < -0.39 is 0 Å². The molecule has 9 aliphatic rings. The van der Waals surface area contributed by atoms with Crippen molar-refractivity contribution in [3.05, 3.63) is 18.2 Å². The molecule has 1 aromatic carbocycles. The Balaban J connectivity index is 1.06. The predicted octanol–water partition coefficient (Wildman–Crippen LogP) is 5.83. The van der Waals surface area contributed by atoms with Crippen LogP contribution < -0.4 is 15.5 Å². The van der Waals surface area contributed by atoms with Crippen LogP contribution in [0.15, 0.2) is 18.2 Å². The van der Waals surface area contributed by atoms with Crippen molar-refractivity contribution in [3.8, 4) is 0 Å². The van der Waals surface area contributed by atoms with Crippen LogP contribution in [0.4, 0.5) is 17.1 Å². The molecule has 10 rings (SSSR count). The molecule has 38 heavy (non-hydrogen) atoms. The monoisotopic (exact) mass is 517 g/mol. The Hall–Kier alpha value is -2.08. The molecule has 0 spiro atoms. The van der Waals surface area contributed by atoms with Gasteiger partial charge in [-0.05, 0) is 131 Å². The number of benzene rings is 1. The van der Waals surface area contributed by atoms with Crippen molar-refractivity contribution in [2.45, 2.75) is 77.0 Å². The Kier molecular flexibility index (Phi) is 5.45. The second-order valence-electron chi connectivity index (χ2n) is 14.6. The van der Waals surface area contributed by atoms with Gasteiger partial charge in [-0.3, -0.25) is 9.59 Å². The van der Waals surface area contributed by atoms with Gasteiger partial charge in [-0.15, -0.1) is 0 Å². The minimum Gasteiger partial charge on any atom is -0.378 e. The van der Waals surface area contributed by atoms with Gasteiger partial charge >= 0.3 is 0 Å². The fourth-order valence-corrected chi connectivity index (χ4v) is 11.1. The van der Waals surface area contributed by atoms with Crippen LogP contribution in [0, 0.1) is 46.3 Å². The Morgan fingerprint density at radius 3 is 1.61 bits per heavy atom. The molecule has 0 radical (unpaired) electrons. The van der Waals surface area contributed by atoms with Crippen molar-refractivity contribution < 1.29 is 14.3 Å². The van der Waals surface area contributed by atoms with Crippen molar-refractivity contribution in [2.75, 3.05) is 41.8 Å². The molecule has 9 fully saturated rings. The number of hydrogen-bond donors (Lipinski definition) is 2. The summed E-state index contributed by atoms with van der Waals surface area (Å²) in [6.07, 6.45) is 14.3. The molecule has 8 bridgehead atoms. The van der Waals surface area contributed by atoms with Crippen LogP contribution >= 0.6 is 0 Å². The summed E-state index contributed by atoms with van der Waals surface area (Å²) in [5, 5.41) is 6.79. The average Bonchev–Trinajstić information content (AvgIpc) is 2.88. The maximum Gasteiger partial charge on any atom is 0.230 e. The lowest BCUT2D eigenvalue weighted by molar-refractivity contribution is -0.140. The first-order valence-electron chi connectivity index (χ1n) is 15.5. The molecule has 1 aliphatic heterocycles. The van der Waals surface area contributed by atoms with Gasteiger partial charge in [0.15, 0.2) is 0 Å². The fraction of sp³-hybridized carbons (Fsp3) is 0.750. The lowest BCUT2D eigenvalue weighted by Crippen LogP contribution is -2.52. The van der Waals surface area contributed by atoms with Crippen molar-refractivity contribution in [1.82, 2.24) is 0 Å². The molecule has 2 N–H and O–H groups in total. The smallest absolute Gasteiger partial charge is 0.230 e. The van der Waals surface area contributed by atoms with E-state index in [-0.39, 0.29) is 22.6 Å². The molecular weight excluding hydrogens is 474 g/mol. The Morgan fingerprint density at radius 1 is 0.684 bits per heavy atom. The highest BCUT2D eigenvalue weighted by Gasteiger charge is 2.56. The SMILES string of the molecule is O=C(Nc1ccc(N2CCOCC2)c(NC(=O)C23CC4CC(CC(C4)C2)C3)c1)C12CC3CC(CC(C3)C1)C2. The molecule has 6 heteroatoms. The maximum atomic E-state index is 14.0. The molecule has 204 valence electrons. The second kappa shape index (κ2) is 8.71. The minimum atomic E-state index is -0.199. The molecular formula is C32H43N3O3. The van der Waals surface area contributed by atoms with Crippen molar-refractivity contribution in [1.29, 1.82) is 0 Å². The van der Waals surface area contributed by atoms with E-state index >= 15 is 0 Å². The van der Waals surface area contributed by atoms with Gasteiger partial charge < -0.3 is 20.3 Å². The third-order valence-corrected chi connectivity index (χ3v) is 11.9. The first-order chi connectivity index (χ1) is 18.5. The van der Waals surface area contributed by atoms with E-state index in [9.17, 15) is 9.59 Å². The molecule has 1 heterocycles. The van der Waals surface area contributed by atoms with E-state index in [1.165, 1.54) is 38.5 Å². The van der Waals surface area contributed by atoms with E-state index in [0.29, 0.717) is 13.2 Å². The number of nitrogens with one attached hydrogen (secondary N) is 2. The number of anilines is 3.